The van der Waals surface area contributed by atoms with Crippen molar-refractivity contribution in [1.29, 1.82) is 0 Å². The van der Waals surface area contributed by atoms with Crippen molar-refractivity contribution in [2.45, 2.75) is 6.92 Å². The number of hydrogen-bond acceptors (Lipinski definition) is 3. The third kappa shape index (κ3) is 3.39. The van der Waals surface area contributed by atoms with Crippen molar-refractivity contribution in [2.75, 3.05) is 0 Å². The second kappa shape index (κ2) is 7.48. The van der Waals surface area contributed by atoms with E-state index in [9.17, 15) is 4.79 Å². The summed E-state index contributed by atoms with van der Waals surface area (Å²) in [5, 5.41) is 0. The molecule has 0 aliphatic heterocycles. The first kappa shape index (κ1) is 18.3. The van der Waals surface area contributed by atoms with Gasteiger partial charge in [0, 0.05) is 17.1 Å². The standard InChI is InChI=1S/C22H18BrN3O2/c1-15-21(22(27)26(25(15)2)18-6-4-3-5-7-18)24-14-19-12-13-20(28-19)16-8-10-17(23)11-9-16/h3-14H,1-2H3. The monoisotopic (exact) mass is 435 g/mol. The topological polar surface area (TPSA) is 52.4 Å². The fourth-order valence-electron chi connectivity index (χ4n) is 3.02. The van der Waals surface area contributed by atoms with Crippen LogP contribution >= 0.6 is 15.9 Å². The Labute approximate surface area is 170 Å². The number of benzene rings is 2. The molecular formula is C22H18BrN3O2. The SMILES string of the molecule is Cc1c(N=Cc2ccc(-c3ccc(Br)cc3)o2)c(=O)n(-c2ccccc2)n1C. The second-order valence-corrected chi connectivity index (χ2v) is 7.29. The third-order valence-electron chi connectivity index (χ3n) is 4.60. The van der Waals surface area contributed by atoms with Crippen molar-refractivity contribution in [3.63, 3.8) is 0 Å². The normalized spacial score (nSPS) is 11.4. The summed E-state index contributed by atoms with van der Waals surface area (Å²) in [6.45, 7) is 1.88. The lowest BCUT2D eigenvalue weighted by atomic mass is 10.2. The Hall–Kier alpha value is -3.12. The zero-order valence-electron chi connectivity index (χ0n) is 15.5. The van der Waals surface area contributed by atoms with Crippen LogP contribution in [0.2, 0.25) is 0 Å². The number of nitrogens with zero attached hydrogens (tertiary/aromatic N) is 3. The molecule has 0 saturated heterocycles. The summed E-state index contributed by atoms with van der Waals surface area (Å²) in [6, 6.07) is 21.1. The lowest BCUT2D eigenvalue weighted by molar-refractivity contribution is 0.575. The fourth-order valence-corrected chi connectivity index (χ4v) is 3.29. The van der Waals surface area contributed by atoms with Crippen LogP contribution in [0.5, 0.6) is 0 Å². The highest BCUT2D eigenvalue weighted by Gasteiger charge is 2.15. The Morgan fingerprint density at radius 1 is 1.00 bits per heavy atom. The van der Waals surface area contributed by atoms with Crippen molar-refractivity contribution in [3.05, 3.63) is 93.0 Å². The number of aliphatic imine (C=N–C) groups is 1. The Kier molecular flexibility index (Phi) is 4.88. The number of hydrogen-bond donors (Lipinski definition) is 0. The summed E-state index contributed by atoms with van der Waals surface area (Å²) < 4.78 is 10.3. The summed E-state index contributed by atoms with van der Waals surface area (Å²) in [7, 11) is 1.85. The molecule has 0 bridgehead atoms. The lowest BCUT2D eigenvalue weighted by Crippen LogP contribution is -2.19. The average Bonchev–Trinajstić information content (AvgIpc) is 3.25. The van der Waals surface area contributed by atoms with Gasteiger partial charge in [0.15, 0.2) is 5.69 Å². The maximum atomic E-state index is 12.9. The number of rotatable bonds is 4. The Morgan fingerprint density at radius 2 is 1.71 bits per heavy atom. The summed E-state index contributed by atoms with van der Waals surface area (Å²) in [6.07, 6.45) is 1.58. The molecule has 0 aliphatic rings. The summed E-state index contributed by atoms with van der Waals surface area (Å²) in [5.41, 5.74) is 2.79. The molecule has 28 heavy (non-hydrogen) atoms. The number of halogens is 1. The van der Waals surface area contributed by atoms with Crippen molar-refractivity contribution in [3.8, 4) is 17.0 Å². The zero-order valence-corrected chi connectivity index (χ0v) is 17.1. The molecule has 140 valence electrons. The van der Waals surface area contributed by atoms with E-state index in [1.807, 2.05) is 80.7 Å². The molecule has 0 N–H and O–H groups in total. The van der Waals surface area contributed by atoms with Gasteiger partial charge in [0.05, 0.1) is 17.6 Å². The Bertz CT molecular complexity index is 1200. The number of furan rings is 1. The molecule has 2 aromatic heterocycles. The predicted octanol–water partition coefficient (Wildman–Crippen LogP) is 5.26. The van der Waals surface area contributed by atoms with E-state index >= 15 is 0 Å². The van der Waals surface area contributed by atoms with Crippen LogP contribution < -0.4 is 5.56 Å². The maximum absolute atomic E-state index is 12.9. The van der Waals surface area contributed by atoms with Gasteiger partial charge in [0.2, 0.25) is 0 Å². The average molecular weight is 436 g/mol. The number of para-hydroxylation sites is 1. The van der Waals surface area contributed by atoms with Crippen LogP contribution in [0.1, 0.15) is 11.5 Å². The van der Waals surface area contributed by atoms with E-state index in [-0.39, 0.29) is 5.56 Å². The van der Waals surface area contributed by atoms with Crippen molar-refractivity contribution < 1.29 is 4.42 Å². The molecule has 4 rings (SSSR count). The van der Waals surface area contributed by atoms with Gasteiger partial charge in [-0.1, -0.05) is 46.3 Å². The van der Waals surface area contributed by atoms with Crippen LogP contribution in [-0.2, 0) is 7.05 Å². The van der Waals surface area contributed by atoms with Crippen LogP contribution in [0.4, 0.5) is 5.69 Å². The van der Waals surface area contributed by atoms with Crippen LogP contribution in [0.15, 0.2) is 85.4 Å². The van der Waals surface area contributed by atoms with Crippen LogP contribution in [0, 0.1) is 6.92 Å². The molecule has 0 spiro atoms. The molecule has 0 saturated carbocycles. The van der Waals surface area contributed by atoms with Gasteiger partial charge in [0.1, 0.15) is 11.5 Å². The molecule has 0 unspecified atom stereocenters. The minimum atomic E-state index is -0.165. The van der Waals surface area contributed by atoms with Crippen LogP contribution in [0.25, 0.3) is 17.0 Å². The van der Waals surface area contributed by atoms with E-state index in [2.05, 4.69) is 20.9 Å². The quantitative estimate of drug-likeness (QED) is 0.410. The summed E-state index contributed by atoms with van der Waals surface area (Å²) in [4.78, 5) is 17.3. The zero-order chi connectivity index (χ0) is 19.7. The molecular weight excluding hydrogens is 418 g/mol. The molecule has 6 heteroatoms. The van der Waals surface area contributed by atoms with Gasteiger partial charge >= 0.3 is 0 Å². The van der Waals surface area contributed by atoms with Gasteiger partial charge in [-0.3, -0.25) is 9.48 Å². The highest BCUT2D eigenvalue weighted by molar-refractivity contribution is 9.10. The Morgan fingerprint density at radius 3 is 2.43 bits per heavy atom. The lowest BCUT2D eigenvalue weighted by Gasteiger charge is -2.07. The van der Waals surface area contributed by atoms with Gasteiger partial charge in [0.25, 0.3) is 5.56 Å². The van der Waals surface area contributed by atoms with E-state index in [0.29, 0.717) is 11.4 Å². The third-order valence-corrected chi connectivity index (χ3v) is 5.13. The first-order valence-corrected chi connectivity index (χ1v) is 9.58. The fraction of sp³-hybridized carbons (Fsp3) is 0.0909. The second-order valence-electron chi connectivity index (χ2n) is 6.38. The van der Waals surface area contributed by atoms with Gasteiger partial charge < -0.3 is 4.42 Å². The summed E-state index contributed by atoms with van der Waals surface area (Å²) in [5.74, 6) is 1.34. The minimum Gasteiger partial charge on any atom is -0.455 e. The molecule has 0 radical (unpaired) electrons. The van der Waals surface area contributed by atoms with Crippen molar-refractivity contribution in [1.82, 2.24) is 9.36 Å². The number of aromatic nitrogens is 2. The van der Waals surface area contributed by atoms with Crippen LogP contribution in [0.3, 0.4) is 0 Å². The van der Waals surface area contributed by atoms with E-state index in [0.717, 1.165) is 27.2 Å². The van der Waals surface area contributed by atoms with Crippen molar-refractivity contribution in [2.24, 2.45) is 12.0 Å². The molecule has 2 heterocycles. The highest BCUT2D eigenvalue weighted by atomic mass is 79.9. The molecule has 0 atom stereocenters. The molecule has 0 amide bonds. The molecule has 4 aromatic rings. The van der Waals surface area contributed by atoms with E-state index in [1.165, 1.54) is 0 Å². The van der Waals surface area contributed by atoms with Gasteiger partial charge in [-0.2, -0.15) is 0 Å². The molecule has 0 aliphatic carbocycles. The molecule has 5 nitrogen and oxygen atoms in total. The maximum Gasteiger partial charge on any atom is 0.297 e. The highest BCUT2D eigenvalue weighted by Crippen LogP contribution is 2.24. The Balaban J connectivity index is 1.66. The largest absolute Gasteiger partial charge is 0.455 e. The van der Waals surface area contributed by atoms with E-state index < -0.39 is 0 Å². The molecule has 2 aromatic carbocycles. The summed E-state index contributed by atoms with van der Waals surface area (Å²) >= 11 is 3.43. The first-order valence-electron chi connectivity index (χ1n) is 8.78. The van der Waals surface area contributed by atoms with E-state index in [1.54, 1.807) is 15.6 Å². The minimum absolute atomic E-state index is 0.165. The van der Waals surface area contributed by atoms with Gasteiger partial charge in [-0.25, -0.2) is 9.67 Å². The van der Waals surface area contributed by atoms with Crippen LogP contribution in [-0.4, -0.2) is 15.6 Å². The first-order chi connectivity index (χ1) is 13.5. The van der Waals surface area contributed by atoms with Crippen molar-refractivity contribution >= 4 is 27.8 Å². The predicted molar refractivity (Wildman–Crippen MR) is 115 cm³/mol. The van der Waals surface area contributed by atoms with Gasteiger partial charge in [-0.05, 0) is 43.3 Å². The van der Waals surface area contributed by atoms with E-state index in [4.69, 9.17) is 4.42 Å². The molecule has 0 fully saturated rings. The smallest absolute Gasteiger partial charge is 0.297 e. The van der Waals surface area contributed by atoms with Gasteiger partial charge in [-0.15, -0.1) is 0 Å².